The lowest BCUT2D eigenvalue weighted by molar-refractivity contribution is 0.0600. The van der Waals surface area contributed by atoms with Crippen molar-refractivity contribution in [1.82, 2.24) is 15.0 Å². The third-order valence-corrected chi connectivity index (χ3v) is 3.26. The van der Waals surface area contributed by atoms with E-state index < -0.39 is 11.9 Å². The molecule has 0 aliphatic rings. The highest BCUT2D eigenvalue weighted by Gasteiger charge is 2.11. The van der Waals surface area contributed by atoms with Crippen LogP contribution in [0.4, 0.5) is 0 Å². The van der Waals surface area contributed by atoms with Crippen LogP contribution in [-0.2, 0) is 4.74 Å². The van der Waals surface area contributed by atoms with Crippen LogP contribution in [0.2, 0.25) is 0 Å². The molecular weight excluding hydrogens is 284 g/mol. The van der Waals surface area contributed by atoms with E-state index in [1.165, 1.54) is 7.11 Å². The molecule has 0 saturated heterocycles. The molecule has 0 atom stereocenters. The van der Waals surface area contributed by atoms with E-state index in [2.05, 4.69) is 15.0 Å². The topological polar surface area (TPSA) is 100 Å². The Morgan fingerprint density at radius 1 is 1.09 bits per heavy atom. The minimum atomic E-state index is -0.488. The summed E-state index contributed by atoms with van der Waals surface area (Å²) in [4.78, 5) is 22.6. The van der Waals surface area contributed by atoms with Gasteiger partial charge in [-0.2, -0.15) is 0 Å². The van der Waals surface area contributed by atoms with Crippen LogP contribution in [0.15, 0.2) is 42.5 Å². The average Bonchev–Trinajstić information content (AvgIpc) is 2.97. The number of primary amides is 1. The second-order valence-electron chi connectivity index (χ2n) is 4.61. The smallest absolute Gasteiger partial charge is 0.337 e. The summed E-state index contributed by atoms with van der Waals surface area (Å²) in [5.41, 5.74) is 8.08. The van der Waals surface area contributed by atoms with Crippen molar-refractivity contribution in [2.75, 3.05) is 7.11 Å². The third kappa shape index (κ3) is 2.28. The fraction of sp³-hybridized carbons (Fsp3) is 0.0667. The number of nitrogens with zero attached hydrogens (tertiary/aromatic N) is 3. The summed E-state index contributed by atoms with van der Waals surface area (Å²) in [6.45, 7) is 0. The first kappa shape index (κ1) is 13.7. The molecule has 0 aliphatic carbocycles. The highest BCUT2D eigenvalue weighted by atomic mass is 16.5. The number of fused-ring (bicyclic) bond motifs is 1. The van der Waals surface area contributed by atoms with Crippen molar-refractivity contribution < 1.29 is 14.3 Å². The first-order valence-corrected chi connectivity index (χ1v) is 6.44. The number of rotatable bonds is 3. The Morgan fingerprint density at radius 2 is 1.77 bits per heavy atom. The normalized spacial score (nSPS) is 10.6. The molecular formula is C15H12N4O3. The molecule has 7 heteroatoms. The fourth-order valence-corrected chi connectivity index (χ4v) is 2.13. The number of methoxy groups -OCH3 is 1. The summed E-state index contributed by atoms with van der Waals surface area (Å²) in [7, 11) is 1.32. The van der Waals surface area contributed by atoms with Crippen molar-refractivity contribution in [3.05, 3.63) is 53.6 Å². The van der Waals surface area contributed by atoms with Crippen molar-refractivity contribution in [2.24, 2.45) is 5.73 Å². The first-order chi connectivity index (χ1) is 10.6. The zero-order chi connectivity index (χ0) is 15.7. The molecule has 1 heterocycles. The monoisotopic (exact) mass is 296 g/mol. The van der Waals surface area contributed by atoms with Crippen LogP contribution < -0.4 is 5.73 Å². The molecule has 0 unspecified atom stereocenters. The van der Waals surface area contributed by atoms with Crippen LogP contribution >= 0.6 is 0 Å². The van der Waals surface area contributed by atoms with Gasteiger partial charge < -0.3 is 10.5 Å². The SMILES string of the molecule is COC(=O)c1ccc2c(c1)nnn2-c1ccc(C(N)=O)cc1. The Balaban J connectivity index is 2.04. The number of benzene rings is 2. The maximum absolute atomic E-state index is 11.5. The van der Waals surface area contributed by atoms with Crippen molar-refractivity contribution in [2.45, 2.75) is 0 Å². The van der Waals surface area contributed by atoms with Crippen LogP contribution in [0.1, 0.15) is 20.7 Å². The minimum Gasteiger partial charge on any atom is -0.465 e. The second-order valence-corrected chi connectivity index (χ2v) is 4.61. The van der Waals surface area contributed by atoms with Gasteiger partial charge >= 0.3 is 5.97 Å². The molecule has 7 nitrogen and oxygen atoms in total. The van der Waals surface area contributed by atoms with E-state index in [0.29, 0.717) is 16.6 Å². The van der Waals surface area contributed by atoms with Crippen molar-refractivity contribution in [3.63, 3.8) is 0 Å². The van der Waals surface area contributed by atoms with Gasteiger partial charge in [-0.25, -0.2) is 9.48 Å². The number of hydrogen-bond acceptors (Lipinski definition) is 5. The van der Waals surface area contributed by atoms with Gasteiger partial charge in [0.15, 0.2) is 0 Å². The molecule has 1 aromatic heterocycles. The van der Waals surface area contributed by atoms with E-state index in [4.69, 9.17) is 5.73 Å². The van der Waals surface area contributed by atoms with Crippen molar-refractivity contribution in [1.29, 1.82) is 0 Å². The number of aromatic nitrogens is 3. The molecule has 0 saturated carbocycles. The number of esters is 1. The molecule has 0 fully saturated rings. The van der Waals surface area contributed by atoms with Crippen LogP contribution in [0.3, 0.4) is 0 Å². The largest absolute Gasteiger partial charge is 0.465 e. The van der Waals surface area contributed by atoms with Gasteiger partial charge in [0.2, 0.25) is 5.91 Å². The summed E-state index contributed by atoms with van der Waals surface area (Å²) < 4.78 is 6.29. The molecule has 0 bridgehead atoms. The van der Waals surface area contributed by atoms with Crippen molar-refractivity contribution in [3.8, 4) is 5.69 Å². The maximum Gasteiger partial charge on any atom is 0.337 e. The summed E-state index contributed by atoms with van der Waals surface area (Å²) in [5, 5.41) is 8.11. The van der Waals surface area contributed by atoms with Gasteiger partial charge in [-0.15, -0.1) is 5.10 Å². The Bertz CT molecular complexity index is 868. The predicted molar refractivity (Wildman–Crippen MR) is 78.7 cm³/mol. The second kappa shape index (κ2) is 5.28. The van der Waals surface area contributed by atoms with E-state index in [1.54, 1.807) is 47.1 Å². The third-order valence-electron chi connectivity index (χ3n) is 3.26. The van der Waals surface area contributed by atoms with Gasteiger partial charge in [-0.3, -0.25) is 4.79 Å². The highest BCUT2D eigenvalue weighted by Crippen LogP contribution is 2.18. The van der Waals surface area contributed by atoms with Crippen LogP contribution in [0.5, 0.6) is 0 Å². The number of nitrogens with two attached hydrogens (primary N) is 1. The van der Waals surface area contributed by atoms with Gasteiger partial charge in [-0.05, 0) is 42.5 Å². The number of carbonyl (C=O) groups is 2. The zero-order valence-corrected chi connectivity index (χ0v) is 11.7. The van der Waals surface area contributed by atoms with Gasteiger partial charge in [0.1, 0.15) is 5.52 Å². The number of hydrogen-bond donors (Lipinski definition) is 1. The molecule has 1 amide bonds. The lowest BCUT2D eigenvalue weighted by atomic mass is 10.2. The standard InChI is InChI=1S/C15H12N4O3/c1-22-15(21)10-4-7-13-12(8-10)17-18-19(13)11-5-2-9(3-6-11)14(16)20/h2-8H,1H3,(H2,16,20). The maximum atomic E-state index is 11.5. The van der Waals surface area contributed by atoms with E-state index in [-0.39, 0.29) is 0 Å². The van der Waals surface area contributed by atoms with Gasteiger partial charge in [0.05, 0.1) is 23.9 Å². The quantitative estimate of drug-likeness (QED) is 0.734. The molecule has 2 N–H and O–H groups in total. The van der Waals surface area contributed by atoms with E-state index >= 15 is 0 Å². The number of carbonyl (C=O) groups excluding carboxylic acids is 2. The lowest BCUT2D eigenvalue weighted by Crippen LogP contribution is -2.10. The molecule has 0 aliphatic heterocycles. The fourth-order valence-electron chi connectivity index (χ4n) is 2.13. The van der Waals surface area contributed by atoms with Gasteiger partial charge in [0.25, 0.3) is 0 Å². The summed E-state index contributed by atoms with van der Waals surface area (Å²) in [5.74, 6) is -0.917. The lowest BCUT2D eigenvalue weighted by Gasteiger charge is -2.03. The Hall–Kier alpha value is -3.22. The van der Waals surface area contributed by atoms with Crippen molar-refractivity contribution >= 4 is 22.9 Å². The number of ether oxygens (including phenoxy) is 1. The van der Waals surface area contributed by atoms with E-state index in [1.807, 2.05) is 0 Å². The van der Waals surface area contributed by atoms with Crippen LogP contribution in [0.25, 0.3) is 16.7 Å². The Morgan fingerprint density at radius 3 is 2.41 bits per heavy atom. The Kier molecular flexibility index (Phi) is 3.30. The predicted octanol–water partition coefficient (Wildman–Crippen LogP) is 1.31. The summed E-state index contributed by atoms with van der Waals surface area (Å²) in [6, 6.07) is 11.7. The highest BCUT2D eigenvalue weighted by molar-refractivity contribution is 5.94. The number of amides is 1. The zero-order valence-electron chi connectivity index (χ0n) is 11.7. The van der Waals surface area contributed by atoms with Gasteiger partial charge in [0, 0.05) is 5.56 Å². The molecule has 110 valence electrons. The summed E-state index contributed by atoms with van der Waals surface area (Å²) >= 11 is 0. The van der Waals surface area contributed by atoms with Gasteiger partial charge in [-0.1, -0.05) is 5.21 Å². The molecule has 22 heavy (non-hydrogen) atoms. The van der Waals surface area contributed by atoms with E-state index in [9.17, 15) is 9.59 Å². The summed E-state index contributed by atoms with van der Waals surface area (Å²) in [6.07, 6.45) is 0. The molecule has 3 rings (SSSR count). The first-order valence-electron chi connectivity index (χ1n) is 6.44. The molecule has 0 spiro atoms. The van der Waals surface area contributed by atoms with E-state index in [0.717, 1.165) is 11.2 Å². The van der Waals surface area contributed by atoms with Crippen LogP contribution in [0, 0.1) is 0 Å². The molecule has 3 aromatic rings. The Labute approximate surface area is 125 Å². The minimum absolute atomic E-state index is 0.408. The van der Waals surface area contributed by atoms with Crippen LogP contribution in [-0.4, -0.2) is 34.0 Å². The molecule has 2 aromatic carbocycles. The average molecular weight is 296 g/mol. The molecule has 0 radical (unpaired) electrons.